The highest BCUT2D eigenvalue weighted by Crippen LogP contribution is 2.61. The molecule has 2 aromatic rings. The number of nitrogens with zero attached hydrogens (tertiary/aromatic N) is 2. The van der Waals surface area contributed by atoms with Gasteiger partial charge in [0.1, 0.15) is 11.3 Å². The van der Waals surface area contributed by atoms with Gasteiger partial charge in [0.05, 0.1) is 12.1 Å². The molecule has 5 fully saturated rings. The van der Waals surface area contributed by atoms with Crippen molar-refractivity contribution in [2.45, 2.75) is 89.5 Å². The fourth-order valence-electron chi connectivity index (χ4n) is 8.13. The van der Waals surface area contributed by atoms with E-state index < -0.39 is 0 Å². The Hall–Kier alpha value is -2.37. The van der Waals surface area contributed by atoms with E-state index in [0.29, 0.717) is 22.5 Å². The number of carbonyl (C=O) groups excluding carboxylic acids is 2. The van der Waals surface area contributed by atoms with Crippen LogP contribution in [0.3, 0.4) is 0 Å². The Kier molecular flexibility index (Phi) is 5.86. The standard InChI is InChI=1S/C28H38N4O2/c33-26(29-10-9-28-15-19-11-20(16-28)13-21(12-19)17-28)14-23-18-32-24(7-4-8-25(32)30-23)27(34)31-22-5-2-1-3-6-22/h4,7-8,18-22H,1-3,5-6,9-17H2,(H,29,33)(H,31,34). The van der Waals surface area contributed by atoms with Crippen molar-refractivity contribution in [1.82, 2.24) is 20.0 Å². The Balaban J connectivity index is 1.05. The highest BCUT2D eigenvalue weighted by atomic mass is 16.2. The van der Waals surface area contributed by atoms with E-state index in [4.69, 9.17) is 0 Å². The number of aromatic nitrogens is 2. The van der Waals surface area contributed by atoms with Crippen molar-refractivity contribution < 1.29 is 9.59 Å². The lowest BCUT2D eigenvalue weighted by molar-refractivity contribution is -0.120. The Morgan fingerprint density at radius 3 is 2.41 bits per heavy atom. The van der Waals surface area contributed by atoms with Gasteiger partial charge in [0.2, 0.25) is 5.91 Å². The molecular weight excluding hydrogens is 424 g/mol. The normalized spacial score (nSPS) is 30.5. The molecule has 5 aliphatic carbocycles. The van der Waals surface area contributed by atoms with Gasteiger partial charge in [-0.1, -0.05) is 25.3 Å². The van der Waals surface area contributed by atoms with E-state index in [-0.39, 0.29) is 24.3 Å². The quantitative estimate of drug-likeness (QED) is 0.628. The van der Waals surface area contributed by atoms with E-state index in [9.17, 15) is 9.59 Å². The molecule has 7 rings (SSSR count). The summed E-state index contributed by atoms with van der Waals surface area (Å²) in [5.41, 5.74) is 2.51. The van der Waals surface area contributed by atoms with Crippen LogP contribution in [0.25, 0.3) is 5.65 Å². The van der Waals surface area contributed by atoms with Crippen molar-refractivity contribution in [3.05, 3.63) is 35.8 Å². The Morgan fingerprint density at radius 2 is 1.71 bits per heavy atom. The summed E-state index contributed by atoms with van der Waals surface area (Å²) < 4.78 is 1.83. The van der Waals surface area contributed by atoms with Crippen LogP contribution in [0.1, 0.15) is 93.2 Å². The topological polar surface area (TPSA) is 75.5 Å². The predicted octanol–water partition coefficient (Wildman–Crippen LogP) is 4.66. The molecular formula is C28H38N4O2. The van der Waals surface area contributed by atoms with E-state index in [1.54, 1.807) is 0 Å². The lowest BCUT2D eigenvalue weighted by Gasteiger charge is -2.57. The molecule has 0 atom stereocenters. The molecule has 2 aromatic heterocycles. The van der Waals surface area contributed by atoms with Crippen LogP contribution in [0, 0.1) is 23.2 Å². The zero-order chi connectivity index (χ0) is 23.1. The fourth-order valence-corrected chi connectivity index (χ4v) is 8.13. The zero-order valence-electron chi connectivity index (χ0n) is 20.2. The van der Waals surface area contributed by atoms with Gasteiger partial charge in [-0.25, -0.2) is 4.98 Å². The van der Waals surface area contributed by atoms with Crippen molar-refractivity contribution in [3.8, 4) is 0 Å². The van der Waals surface area contributed by atoms with E-state index in [2.05, 4.69) is 15.6 Å². The van der Waals surface area contributed by atoms with Crippen LogP contribution in [0.4, 0.5) is 0 Å². The first-order valence-electron chi connectivity index (χ1n) is 13.6. The second-order valence-corrected chi connectivity index (χ2v) is 11.9. The van der Waals surface area contributed by atoms with Crippen LogP contribution in [0.2, 0.25) is 0 Å². The van der Waals surface area contributed by atoms with Crippen LogP contribution in [0.15, 0.2) is 24.4 Å². The number of fused-ring (bicyclic) bond motifs is 1. The van der Waals surface area contributed by atoms with Crippen LogP contribution >= 0.6 is 0 Å². The first kappa shape index (κ1) is 22.1. The van der Waals surface area contributed by atoms with Gasteiger partial charge in [0.25, 0.3) is 5.91 Å². The maximum absolute atomic E-state index is 12.9. The molecule has 6 nitrogen and oxygen atoms in total. The van der Waals surface area contributed by atoms with Crippen molar-refractivity contribution in [2.75, 3.05) is 6.54 Å². The number of pyridine rings is 1. The highest BCUT2D eigenvalue weighted by Gasteiger charge is 2.50. The van der Waals surface area contributed by atoms with Crippen molar-refractivity contribution >= 4 is 17.5 Å². The number of carbonyl (C=O) groups is 2. The van der Waals surface area contributed by atoms with E-state index >= 15 is 0 Å². The van der Waals surface area contributed by atoms with Crippen molar-refractivity contribution in [2.24, 2.45) is 23.2 Å². The third-order valence-electron chi connectivity index (χ3n) is 9.20. The van der Waals surface area contributed by atoms with Crippen molar-refractivity contribution in [3.63, 3.8) is 0 Å². The largest absolute Gasteiger partial charge is 0.356 e. The van der Waals surface area contributed by atoms with E-state index in [1.165, 1.54) is 57.8 Å². The lowest BCUT2D eigenvalue weighted by Crippen LogP contribution is -2.47. The molecule has 4 bridgehead atoms. The average molecular weight is 463 g/mol. The summed E-state index contributed by atoms with van der Waals surface area (Å²) in [4.78, 5) is 30.3. The molecule has 2 heterocycles. The molecule has 2 amide bonds. The summed E-state index contributed by atoms with van der Waals surface area (Å²) in [6.07, 6.45) is 17.5. The second-order valence-electron chi connectivity index (χ2n) is 11.9. The molecule has 182 valence electrons. The molecule has 0 spiro atoms. The van der Waals surface area contributed by atoms with Gasteiger partial charge in [-0.2, -0.15) is 0 Å². The van der Waals surface area contributed by atoms with Crippen LogP contribution in [-0.4, -0.2) is 33.8 Å². The number of amides is 2. The number of hydrogen-bond acceptors (Lipinski definition) is 3. The Bertz CT molecular complexity index is 1030. The van der Waals surface area contributed by atoms with Gasteiger partial charge in [0.15, 0.2) is 0 Å². The molecule has 0 aliphatic heterocycles. The van der Waals surface area contributed by atoms with E-state index in [1.807, 2.05) is 28.8 Å². The Labute approximate surface area is 202 Å². The summed E-state index contributed by atoms with van der Waals surface area (Å²) in [6.45, 7) is 0.771. The number of nitrogens with one attached hydrogen (secondary N) is 2. The minimum Gasteiger partial charge on any atom is -0.356 e. The SMILES string of the molecule is O=C(Cc1cn2c(C(=O)NC3CCCCC3)cccc2n1)NCCC12CC3CC(CC(C3)C1)C2. The molecule has 0 saturated heterocycles. The van der Waals surface area contributed by atoms with Gasteiger partial charge in [-0.05, 0) is 93.1 Å². The number of imidazole rings is 1. The summed E-state index contributed by atoms with van der Waals surface area (Å²) in [6, 6.07) is 5.86. The zero-order valence-corrected chi connectivity index (χ0v) is 20.2. The Morgan fingerprint density at radius 1 is 1.00 bits per heavy atom. The average Bonchev–Trinajstić information content (AvgIpc) is 3.21. The first-order chi connectivity index (χ1) is 16.6. The van der Waals surface area contributed by atoms with Gasteiger partial charge in [-0.15, -0.1) is 0 Å². The van der Waals surface area contributed by atoms with Crippen molar-refractivity contribution in [1.29, 1.82) is 0 Å². The van der Waals surface area contributed by atoms with Gasteiger partial charge in [0, 0.05) is 18.8 Å². The molecule has 5 aliphatic rings. The van der Waals surface area contributed by atoms with Gasteiger partial charge < -0.3 is 10.6 Å². The first-order valence-corrected chi connectivity index (χ1v) is 13.6. The summed E-state index contributed by atoms with van der Waals surface area (Å²) in [5, 5.41) is 6.37. The van der Waals surface area contributed by atoms with Gasteiger partial charge >= 0.3 is 0 Å². The highest BCUT2D eigenvalue weighted by molar-refractivity contribution is 5.93. The molecule has 6 heteroatoms. The number of hydrogen-bond donors (Lipinski definition) is 2. The molecule has 5 saturated carbocycles. The fraction of sp³-hybridized carbons (Fsp3) is 0.679. The lowest BCUT2D eigenvalue weighted by atomic mass is 9.49. The summed E-state index contributed by atoms with van der Waals surface area (Å²) >= 11 is 0. The third kappa shape index (κ3) is 4.48. The second kappa shape index (κ2) is 9.01. The molecule has 34 heavy (non-hydrogen) atoms. The minimum absolute atomic E-state index is 0.0290. The molecule has 2 N–H and O–H groups in total. The summed E-state index contributed by atoms with van der Waals surface area (Å²) in [5.74, 6) is 2.82. The summed E-state index contributed by atoms with van der Waals surface area (Å²) in [7, 11) is 0. The third-order valence-corrected chi connectivity index (χ3v) is 9.20. The van der Waals surface area contributed by atoms with Gasteiger partial charge in [-0.3, -0.25) is 14.0 Å². The minimum atomic E-state index is -0.0542. The molecule has 0 unspecified atom stereocenters. The maximum atomic E-state index is 12.9. The smallest absolute Gasteiger partial charge is 0.268 e. The monoisotopic (exact) mass is 462 g/mol. The van der Waals surface area contributed by atoms with Crippen LogP contribution < -0.4 is 10.6 Å². The molecule has 0 radical (unpaired) electrons. The van der Waals surface area contributed by atoms with Crippen LogP contribution in [-0.2, 0) is 11.2 Å². The van der Waals surface area contributed by atoms with Crippen LogP contribution in [0.5, 0.6) is 0 Å². The van der Waals surface area contributed by atoms with E-state index in [0.717, 1.165) is 43.6 Å². The predicted molar refractivity (Wildman–Crippen MR) is 131 cm³/mol. The number of rotatable bonds is 7. The maximum Gasteiger partial charge on any atom is 0.268 e. The molecule has 0 aromatic carbocycles.